The quantitative estimate of drug-likeness (QED) is 0.748. The zero-order valence-electron chi connectivity index (χ0n) is 10.4. The molecule has 6 heteroatoms. The molecule has 1 atom stereocenters. The van der Waals surface area contributed by atoms with Crippen LogP contribution in [0.5, 0.6) is 0 Å². The molecular weight excluding hydrogens is 316 g/mol. The first kappa shape index (κ1) is 15.3. The fourth-order valence-corrected chi connectivity index (χ4v) is 2.57. The van der Waals surface area contributed by atoms with Crippen LogP contribution in [0.1, 0.15) is 30.6 Å². The van der Waals surface area contributed by atoms with E-state index in [4.69, 9.17) is 5.11 Å². The number of aromatic nitrogens is 1. The van der Waals surface area contributed by atoms with Gasteiger partial charge in [0, 0.05) is 16.7 Å². The number of nitrogens with one attached hydrogen (secondary N) is 1. The van der Waals surface area contributed by atoms with Crippen molar-refractivity contribution >= 4 is 39.5 Å². The van der Waals surface area contributed by atoms with Crippen LogP contribution in [0.25, 0.3) is 0 Å². The van der Waals surface area contributed by atoms with Crippen molar-refractivity contribution in [3.05, 3.63) is 22.3 Å². The predicted molar refractivity (Wildman–Crippen MR) is 79.6 cm³/mol. The standard InChI is InChI=1S/C12H17BrN2O2S/c1-3-18-5-4-8(2)15-11-10(12(16)17)6-9(13)7-14-11/h6-8H,3-5H2,1-2H3,(H,14,15)(H,16,17). The van der Waals surface area contributed by atoms with E-state index in [-0.39, 0.29) is 11.6 Å². The van der Waals surface area contributed by atoms with Crippen molar-refractivity contribution in [2.45, 2.75) is 26.3 Å². The Morgan fingerprint density at radius 2 is 2.39 bits per heavy atom. The number of carboxylic acid groups (broad SMARTS) is 1. The zero-order valence-corrected chi connectivity index (χ0v) is 12.8. The highest BCUT2D eigenvalue weighted by Crippen LogP contribution is 2.19. The van der Waals surface area contributed by atoms with Crippen LogP contribution in [0.2, 0.25) is 0 Å². The molecule has 1 unspecified atom stereocenters. The fourth-order valence-electron chi connectivity index (χ4n) is 1.43. The molecule has 0 fully saturated rings. The van der Waals surface area contributed by atoms with E-state index in [1.165, 1.54) is 0 Å². The Bertz CT molecular complexity index is 415. The van der Waals surface area contributed by atoms with Crippen LogP contribution in [0.4, 0.5) is 5.82 Å². The maximum atomic E-state index is 11.1. The molecule has 0 aliphatic carbocycles. The van der Waals surface area contributed by atoms with Crippen molar-refractivity contribution < 1.29 is 9.90 Å². The lowest BCUT2D eigenvalue weighted by Crippen LogP contribution is -2.19. The second kappa shape index (κ2) is 7.63. The highest BCUT2D eigenvalue weighted by Gasteiger charge is 2.13. The molecule has 0 saturated heterocycles. The predicted octanol–water partition coefficient (Wildman–Crippen LogP) is 3.49. The van der Waals surface area contributed by atoms with E-state index in [2.05, 4.69) is 33.2 Å². The van der Waals surface area contributed by atoms with E-state index in [0.29, 0.717) is 10.3 Å². The highest BCUT2D eigenvalue weighted by atomic mass is 79.9. The van der Waals surface area contributed by atoms with Gasteiger partial charge in [-0.2, -0.15) is 11.8 Å². The molecule has 0 aromatic carbocycles. The van der Waals surface area contributed by atoms with Gasteiger partial charge >= 0.3 is 5.97 Å². The molecule has 0 spiro atoms. The zero-order chi connectivity index (χ0) is 13.5. The van der Waals surface area contributed by atoms with Crippen LogP contribution in [-0.2, 0) is 0 Å². The highest BCUT2D eigenvalue weighted by molar-refractivity contribution is 9.10. The van der Waals surface area contributed by atoms with Gasteiger partial charge in [0.25, 0.3) is 0 Å². The average molecular weight is 333 g/mol. The summed E-state index contributed by atoms with van der Waals surface area (Å²) in [6.45, 7) is 4.16. The summed E-state index contributed by atoms with van der Waals surface area (Å²) in [6.07, 6.45) is 2.58. The minimum absolute atomic E-state index is 0.194. The lowest BCUT2D eigenvalue weighted by atomic mass is 10.2. The normalized spacial score (nSPS) is 12.2. The average Bonchev–Trinajstić information content (AvgIpc) is 2.31. The third kappa shape index (κ3) is 4.86. The fraction of sp³-hybridized carbons (Fsp3) is 0.500. The van der Waals surface area contributed by atoms with Gasteiger partial charge in [0.05, 0.1) is 0 Å². The monoisotopic (exact) mass is 332 g/mol. The van der Waals surface area contributed by atoms with Crippen LogP contribution >= 0.6 is 27.7 Å². The summed E-state index contributed by atoms with van der Waals surface area (Å²) in [5, 5.41) is 12.3. The van der Waals surface area contributed by atoms with Crippen molar-refractivity contribution in [1.82, 2.24) is 4.98 Å². The molecule has 1 rings (SSSR count). The van der Waals surface area contributed by atoms with Gasteiger partial charge in [-0.25, -0.2) is 9.78 Å². The Hall–Kier alpha value is -0.750. The summed E-state index contributed by atoms with van der Waals surface area (Å²) in [5.41, 5.74) is 0.194. The van der Waals surface area contributed by atoms with Gasteiger partial charge in [-0.05, 0) is 46.8 Å². The second-order valence-electron chi connectivity index (χ2n) is 3.89. The number of rotatable bonds is 7. The van der Waals surface area contributed by atoms with E-state index in [0.717, 1.165) is 17.9 Å². The third-order valence-electron chi connectivity index (χ3n) is 2.37. The Balaban J connectivity index is 2.68. The van der Waals surface area contributed by atoms with Crippen LogP contribution in [-0.4, -0.2) is 33.6 Å². The number of nitrogens with zero attached hydrogens (tertiary/aromatic N) is 1. The van der Waals surface area contributed by atoms with Crippen molar-refractivity contribution in [3.8, 4) is 0 Å². The molecule has 0 bridgehead atoms. The SMILES string of the molecule is CCSCCC(C)Nc1ncc(Br)cc1C(=O)O. The molecule has 100 valence electrons. The van der Waals surface area contributed by atoms with E-state index in [1.807, 2.05) is 18.7 Å². The molecule has 0 radical (unpaired) electrons. The number of carbonyl (C=O) groups is 1. The Morgan fingerprint density at radius 3 is 3.00 bits per heavy atom. The molecule has 1 heterocycles. The van der Waals surface area contributed by atoms with Gasteiger partial charge in [0.2, 0.25) is 0 Å². The smallest absolute Gasteiger partial charge is 0.339 e. The first-order chi connectivity index (χ1) is 8.54. The van der Waals surface area contributed by atoms with Crippen LogP contribution in [0.15, 0.2) is 16.7 Å². The lowest BCUT2D eigenvalue weighted by molar-refractivity contribution is 0.0697. The Morgan fingerprint density at radius 1 is 1.67 bits per heavy atom. The molecule has 1 aromatic rings. The van der Waals surface area contributed by atoms with Gasteiger partial charge in [-0.1, -0.05) is 6.92 Å². The van der Waals surface area contributed by atoms with E-state index in [9.17, 15) is 4.79 Å². The van der Waals surface area contributed by atoms with Crippen LogP contribution in [0, 0.1) is 0 Å². The molecule has 4 nitrogen and oxygen atoms in total. The number of thioether (sulfide) groups is 1. The first-order valence-electron chi connectivity index (χ1n) is 5.77. The van der Waals surface area contributed by atoms with Crippen molar-refractivity contribution in [2.75, 3.05) is 16.8 Å². The number of carboxylic acids is 1. The minimum atomic E-state index is -0.971. The maximum absolute atomic E-state index is 11.1. The van der Waals surface area contributed by atoms with E-state index >= 15 is 0 Å². The van der Waals surface area contributed by atoms with Gasteiger partial charge in [-0.3, -0.25) is 0 Å². The molecule has 0 amide bonds. The summed E-state index contributed by atoms with van der Waals surface area (Å²) in [7, 11) is 0. The topological polar surface area (TPSA) is 62.2 Å². The number of hydrogen-bond acceptors (Lipinski definition) is 4. The third-order valence-corrected chi connectivity index (χ3v) is 3.73. The Kier molecular flexibility index (Phi) is 6.49. The number of anilines is 1. The molecule has 0 aliphatic rings. The van der Waals surface area contributed by atoms with Gasteiger partial charge < -0.3 is 10.4 Å². The number of halogens is 1. The van der Waals surface area contributed by atoms with Gasteiger partial charge in [-0.15, -0.1) is 0 Å². The van der Waals surface area contributed by atoms with Crippen LogP contribution in [0.3, 0.4) is 0 Å². The van der Waals surface area contributed by atoms with Crippen molar-refractivity contribution in [3.63, 3.8) is 0 Å². The molecular formula is C12H17BrN2O2S. The minimum Gasteiger partial charge on any atom is -0.478 e. The summed E-state index contributed by atoms with van der Waals surface area (Å²) in [6, 6.07) is 1.77. The molecule has 18 heavy (non-hydrogen) atoms. The lowest BCUT2D eigenvalue weighted by Gasteiger charge is -2.15. The maximum Gasteiger partial charge on any atom is 0.339 e. The molecule has 0 aliphatic heterocycles. The summed E-state index contributed by atoms with van der Waals surface area (Å²) in [5.74, 6) is 1.62. The number of aromatic carboxylic acids is 1. The van der Waals surface area contributed by atoms with Gasteiger partial charge in [0.15, 0.2) is 0 Å². The number of hydrogen-bond donors (Lipinski definition) is 2. The molecule has 0 saturated carbocycles. The van der Waals surface area contributed by atoms with Gasteiger partial charge in [0.1, 0.15) is 11.4 Å². The molecule has 1 aromatic heterocycles. The van der Waals surface area contributed by atoms with E-state index in [1.54, 1.807) is 12.3 Å². The summed E-state index contributed by atoms with van der Waals surface area (Å²) < 4.78 is 0.666. The first-order valence-corrected chi connectivity index (χ1v) is 7.72. The largest absolute Gasteiger partial charge is 0.478 e. The van der Waals surface area contributed by atoms with Crippen molar-refractivity contribution in [1.29, 1.82) is 0 Å². The second-order valence-corrected chi connectivity index (χ2v) is 6.20. The molecule has 2 N–H and O–H groups in total. The van der Waals surface area contributed by atoms with E-state index < -0.39 is 5.97 Å². The van der Waals surface area contributed by atoms with Crippen molar-refractivity contribution in [2.24, 2.45) is 0 Å². The summed E-state index contributed by atoms with van der Waals surface area (Å²) in [4.78, 5) is 15.2. The van der Waals surface area contributed by atoms with Crippen LogP contribution < -0.4 is 5.32 Å². The summed E-state index contributed by atoms with van der Waals surface area (Å²) >= 11 is 5.10. The number of pyridine rings is 1. The Labute approximate surface area is 120 Å².